The molecule has 3 aromatic rings. The van der Waals surface area contributed by atoms with Gasteiger partial charge in [0.05, 0.1) is 43.9 Å². The fourth-order valence-corrected chi connectivity index (χ4v) is 7.81. The van der Waals surface area contributed by atoms with E-state index in [-0.39, 0.29) is 72.8 Å². The van der Waals surface area contributed by atoms with Gasteiger partial charge in [-0.05, 0) is 80.5 Å². The number of alkyl halides is 6. The summed E-state index contributed by atoms with van der Waals surface area (Å²) in [6.45, 7) is 1.35. The molecule has 3 aliphatic carbocycles. The monoisotopic (exact) mass is 730 g/mol. The molecule has 4 aliphatic rings. The van der Waals surface area contributed by atoms with Gasteiger partial charge in [-0.15, -0.1) is 0 Å². The molecule has 2 atom stereocenters. The maximum Gasteiger partial charge on any atom is 0.403 e. The molecular formula is C33H34Cl2F6N6O2. The van der Waals surface area contributed by atoms with Crippen LogP contribution in [0.3, 0.4) is 0 Å². The normalized spacial score (nSPS) is 24.5. The lowest BCUT2D eigenvalue weighted by Gasteiger charge is -2.31. The molecule has 1 saturated heterocycles. The zero-order valence-corrected chi connectivity index (χ0v) is 27.9. The molecule has 16 heteroatoms. The number of rotatable bonds is 8. The van der Waals surface area contributed by atoms with Crippen molar-refractivity contribution in [1.82, 2.24) is 20.2 Å². The van der Waals surface area contributed by atoms with Crippen LogP contribution in [0, 0.1) is 23.2 Å². The lowest BCUT2D eigenvalue weighted by atomic mass is 9.85. The number of hydrogen-bond acceptors (Lipinski definition) is 5. The van der Waals surface area contributed by atoms with Crippen LogP contribution in [0.1, 0.15) is 60.9 Å². The lowest BCUT2D eigenvalue weighted by Crippen LogP contribution is -2.40. The Bertz CT molecular complexity index is 1810. The summed E-state index contributed by atoms with van der Waals surface area (Å²) < 4.78 is 81.6. The highest BCUT2D eigenvalue weighted by Crippen LogP contribution is 2.57. The van der Waals surface area contributed by atoms with Crippen molar-refractivity contribution in [2.45, 2.75) is 69.9 Å². The number of nitrogens with zero attached hydrogens (tertiary/aromatic N) is 3. The number of amides is 2. The molecule has 2 amide bonds. The summed E-state index contributed by atoms with van der Waals surface area (Å²) in [6.07, 6.45) is -7.83. The molecule has 0 spiro atoms. The van der Waals surface area contributed by atoms with Crippen molar-refractivity contribution in [2.24, 2.45) is 30.2 Å². The average Bonchev–Trinajstić information content (AvgIpc) is 3.95. The van der Waals surface area contributed by atoms with E-state index in [0.717, 1.165) is 25.2 Å². The Morgan fingerprint density at radius 3 is 2.29 bits per heavy atom. The van der Waals surface area contributed by atoms with Crippen molar-refractivity contribution >= 4 is 63.4 Å². The zero-order chi connectivity index (χ0) is 35.0. The van der Waals surface area contributed by atoms with Crippen LogP contribution < -0.4 is 20.9 Å². The number of carbonyl (C=O) groups is 2. The average molecular weight is 732 g/mol. The van der Waals surface area contributed by atoms with Crippen LogP contribution in [0.15, 0.2) is 24.3 Å². The van der Waals surface area contributed by atoms with Crippen molar-refractivity contribution in [3.05, 3.63) is 45.4 Å². The van der Waals surface area contributed by atoms with Gasteiger partial charge in [-0.1, -0.05) is 29.3 Å². The summed E-state index contributed by atoms with van der Waals surface area (Å²) in [5.41, 5.74) is 0.486. The van der Waals surface area contributed by atoms with E-state index in [0.29, 0.717) is 39.9 Å². The summed E-state index contributed by atoms with van der Waals surface area (Å²) in [5, 5.41) is 8.74. The number of aromatic nitrogens is 2. The lowest BCUT2D eigenvalue weighted by molar-refractivity contribution is -0.192. The Morgan fingerprint density at radius 2 is 1.67 bits per heavy atom. The van der Waals surface area contributed by atoms with Crippen LogP contribution in [-0.4, -0.2) is 52.8 Å². The minimum atomic E-state index is -4.64. The standard InChI is InChI=1S/C33H34Cl2F6N6O2/c1-46-25-12-24(47-14-17-10-18(17)15-47)21(28(48)43-20-5-3-19(4-6-20)32(36,37)38)11-23(25)44-30(46)45-27-22(34)7-2-16(26(27)35)13-42-29(49)31(8-9-31)33(39,40)41/h2,7,11-12,17-20H,3-6,8-10,13-15H2,1H3,(H,42,49)(H,43,48)(H,44,45). The number of nitrogens with one attached hydrogen (secondary N) is 3. The van der Waals surface area contributed by atoms with Gasteiger partial charge in [0.1, 0.15) is 5.41 Å². The quantitative estimate of drug-likeness (QED) is 0.205. The topological polar surface area (TPSA) is 91.3 Å². The SMILES string of the molecule is Cn1c(Nc2c(Cl)ccc(CNC(=O)C3(C(F)(F)F)CC3)c2Cl)nc2cc(C(=O)NC3CCC(C(F)(F)F)CC3)c(N3CC4CC4C3)cc21. The summed E-state index contributed by atoms with van der Waals surface area (Å²) >= 11 is 13.1. The van der Waals surface area contributed by atoms with Gasteiger partial charge in [0.15, 0.2) is 0 Å². The van der Waals surface area contributed by atoms with Crippen molar-refractivity contribution in [3.8, 4) is 0 Å². The Labute approximate surface area is 287 Å². The van der Waals surface area contributed by atoms with Crippen LogP contribution in [0.2, 0.25) is 10.0 Å². The van der Waals surface area contributed by atoms with E-state index in [1.54, 1.807) is 17.7 Å². The van der Waals surface area contributed by atoms with E-state index in [4.69, 9.17) is 28.2 Å². The van der Waals surface area contributed by atoms with Crippen molar-refractivity contribution < 1.29 is 35.9 Å². The molecule has 0 radical (unpaired) electrons. The highest BCUT2D eigenvalue weighted by molar-refractivity contribution is 6.39. The molecular weight excluding hydrogens is 697 g/mol. The van der Waals surface area contributed by atoms with E-state index in [1.165, 1.54) is 12.1 Å². The third-order valence-electron chi connectivity index (χ3n) is 10.7. The Kier molecular flexibility index (Phi) is 8.44. The summed E-state index contributed by atoms with van der Waals surface area (Å²) in [5.74, 6) is -1.38. The first kappa shape index (κ1) is 34.1. The first-order chi connectivity index (χ1) is 23.1. The molecule has 1 aliphatic heterocycles. The second kappa shape index (κ2) is 12.1. The van der Waals surface area contributed by atoms with Gasteiger partial charge in [-0.3, -0.25) is 9.59 Å². The number of hydrogen-bond donors (Lipinski definition) is 3. The number of anilines is 3. The second-order valence-corrected chi connectivity index (χ2v) is 14.6. The highest BCUT2D eigenvalue weighted by Gasteiger charge is 2.68. The Hall–Kier alpha value is -3.39. The minimum absolute atomic E-state index is 0.0296. The second-order valence-electron chi connectivity index (χ2n) is 13.9. The van der Waals surface area contributed by atoms with Crippen molar-refractivity contribution in [2.75, 3.05) is 23.3 Å². The molecule has 2 unspecified atom stereocenters. The first-order valence-electron chi connectivity index (χ1n) is 16.3. The largest absolute Gasteiger partial charge is 0.403 e. The fourth-order valence-electron chi connectivity index (χ4n) is 7.27. The number of benzene rings is 2. The number of carbonyl (C=O) groups excluding carboxylic acids is 2. The molecule has 3 saturated carbocycles. The molecule has 49 heavy (non-hydrogen) atoms. The predicted molar refractivity (Wildman–Crippen MR) is 173 cm³/mol. The molecule has 264 valence electrons. The number of piperidine rings is 1. The predicted octanol–water partition coefficient (Wildman–Crippen LogP) is 7.89. The fraction of sp³-hybridized carbons (Fsp3) is 0.545. The first-order valence-corrected chi connectivity index (χ1v) is 17.0. The van der Waals surface area contributed by atoms with Crippen LogP contribution >= 0.6 is 23.2 Å². The summed E-state index contributed by atoms with van der Waals surface area (Å²) in [4.78, 5) is 33.0. The molecule has 3 N–H and O–H groups in total. The maximum absolute atomic E-state index is 13.7. The van der Waals surface area contributed by atoms with Gasteiger partial charge in [-0.25, -0.2) is 4.98 Å². The van der Waals surface area contributed by atoms with E-state index in [2.05, 4.69) is 20.9 Å². The van der Waals surface area contributed by atoms with Gasteiger partial charge in [-0.2, -0.15) is 26.3 Å². The number of fused-ring (bicyclic) bond motifs is 2. The summed E-state index contributed by atoms with van der Waals surface area (Å²) in [6, 6.07) is 6.23. The molecule has 7 rings (SSSR count). The smallest absolute Gasteiger partial charge is 0.370 e. The molecule has 2 aromatic carbocycles. The third-order valence-corrected chi connectivity index (χ3v) is 11.4. The third kappa shape index (κ3) is 6.39. The van der Waals surface area contributed by atoms with E-state index in [9.17, 15) is 35.9 Å². The zero-order valence-electron chi connectivity index (χ0n) is 26.4. The molecule has 8 nitrogen and oxygen atoms in total. The maximum atomic E-state index is 13.7. The van der Waals surface area contributed by atoms with Crippen LogP contribution in [0.4, 0.5) is 43.7 Å². The Morgan fingerprint density at radius 1 is 1.00 bits per heavy atom. The Balaban J connectivity index is 1.13. The van der Waals surface area contributed by atoms with Gasteiger partial charge in [0.2, 0.25) is 11.9 Å². The molecule has 0 bridgehead atoms. The highest BCUT2D eigenvalue weighted by atomic mass is 35.5. The molecule has 1 aromatic heterocycles. The van der Waals surface area contributed by atoms with Gasteiger partial charge in [0.25, 0.3) is 5.91 Å². The van der Waals surface area contributed by atoms with Gasteiger partial charge >= 0.3 is 12.4 Å². The summed E-state index contributed by atoms with van der Waals surface area (Å²) in [7, 11) is 1.76. The van der Waals surface area contributed by atoms with E-state index >= 15 is 0 Å². The van der Waals surface area contributed by atoms with E-state index in [1.807, 2.05) is 6.07 Å². The van der Waals surface area contributed by atoms with Crippen molar-refractivity contribution in [1.29, 1.82) is 0 Å². The van der Waals surface area contributed by atoms with Crippen LogP contribution in [-0.2, 0) is 18.4 Å². The molecule has 4 fully saturated rings. The van der Waals surface area contributed by atoms with E-state index < -0.39 is 29.6 Å². The number of aryl methyl sites for hydroxylation is 1. The number of halogens is 8. The number of imidazole rings is 1. The van der Waals surface area contributed by atoms with Gasteiger partial charge < -0.3 is 25.4 Å². The van der Waals surface area contributed by atoms with Crippen LogP contribution in [0.25, 0.3) is 11.0 Å². The van der Waals surface area contributed by atoms with Gasteiger partial charge in [0, 0.05) is 32.7 Å². The minimum Gasteiger partial charge on any atom is -0.370 e. The molecule has 2 heterocycles. The van der Waals surface area contributed by atoms with Crippen LogP contribution in [0.5, 0.6) is 0 Å². The van der Waals surface area contributed by atoms with Crippen molar-refractivity contribution in [3.63, 3.8) is 0 Å².